The van der Waals surface area contributed by atoms with Gasteiger partial charge in [0, 0.05) is 24.5 Å². The number of rotatable bonds is 9. The Labute approximate surface area is 311 Å². The first-order chi connectivity index (χ1) is 25.0. The van der Waals surface area contributed by atoms with Crippen molar-refractivity contribution < 1.29 is 44.1 Å². The van der Waals surface area contributed by atoms with Crippen LogP contribution in [0.3, 0.4) is 0 Å². The number of hydrogen-bond donors (Lipinski definition) is 4. The summed E-state index contributed by atoms with van der Waals surface area (Å²) in [5.41, 5.74) is 4.07. The average molecular weight is 727 g/mol. The lowest BCUT2D eigenvalue weighted by Crippen LogP contribution is -2.54. The highest BCUT2D eigenvalue weighted by molar-refractivity contribution is 5.30. The number of aliphatic hydroxyl groups excluding tert-OH is 4. The zero-order valence-corrected chi connectivity index (χ0v) is 32.6. The van der Waals surface area contributed by atoms with Crippen molar-refractivity contribution in [2.45, 2.75) is 142 Å². The van der Waals surface area contributed by atoms with Crippen LogP contribution in [0.1, 0.15) is 111 Å². The Morgan fingerprint density at radius 1 is 1.00 bits per heavy atom. The maximum Gasteiger partial charge on any atom is 0.184 e. The first-order valence-corrected chi connectivity index (χ1v) is 20.2. The van der Waals surface area contributed by atoms with Crippen LogP contribution in [0.25, 0.3) is 0 Å². The van der Waals surface area contributed by atoms with Crippen LogP contribution in [-0.2, 0) is 18.9 Å². The van der Waals surface area contributed by atoms with Gasteiger partial charge in [0.25, 0.3) is 0 Å². The number of ether oxygens (including phenoxy) is 5. The van der Waals surface area contributed by atoms with Gasteiger partial charge in [-0.1, -0.05) is 58.4 Å². The van der Waals surface area contributed by atoms with Crippen molar-refractivity contribution in [1.29, 1.82) is 0 Å². The van der Waals surface area contributed by atoms with E-state index in [0.29, 0.717) is 41.4 Å². The molecular weight excluding hydrogens is 660 g/mol. The van der Waals surface area contributed by atoms with E-state index in [1.807, 2.05) is 38.1 Å². The van der Waals surface area contributed by atoms with Crippen LogP contribution >= 0.6 is 0 Å². The molecule has 292 valence electrons. The molecule has 0 radical (unpaired) electrons. The van der Waals surface area contributed by atoms with Gasteiger partial charge in [-0.25, -0.2) is 0 Å². The van der Waals surface area contributed by atoms with Gasteiger partial charge in [0.05, 0.1) is 32.2 Å². The van der Waals surface area contributed by atoms with Crippen LogP contribution in [0.15, 0.2) is 47.2 Å². The van der Waals surface area contributed by atoms with Crippen molar-refractivity contribution in [3.63, 3.8) is 0 Å². The summed E-state index contributed by atoms with van der Waals surface area (Å²) in [7, 11) is 1.60. The van der Waals surface area contributed by atoms with Gasteiger partial charge in [0.15, 0.2) is 6.29 Å². The first-order valence-electron chi connectivity index (χ1n) is 20.2. The molecule has 2 heterocycles. The maximum atomic E-state index is 11.2. The zero-order valence-electron chi connectivity index (χ0n) is 32.6. The number of benzene rings is 1. The summed E-state index contributed by atoms with van der Waals surface area (Å²) in [5, 5.41) is 41.9. The summed E-state index contributed by atoms with van der Waals surface area (Å²) in [5.74, 6) is 4.64. The third-order valence-electron chi connectivity index (χ3n) is 14.2. The minimum atomic E-state index is -1.33. The summed E-state index contributed by atoms with van der Waals surface area (Å²) in [4.78, 5) is 0. The summed E-state index contributed by atoms with van der Waals surface area (Å²) in [6, 6.07) is 7.28. The molecule has 0 spiro atoms. The minimum absolute atomic E-state index is 0.0469. The molecule has 0 bridgehead atoms. The van der Waals surface area contributed by atoms with Crippen LogP contribution < -0.4 is 4.74 Å². The normalized spacial score (nSPS) is 41.8. The SMILES string of the molecule is CC.COc1ccc(C2OCC(OC3CCC4(C)C(=CCC5C6CC7OC(CC[C@@H](C)CO)=C(C)C7C6(C)CC[C@@H]54)C3)C(O)C(O)C(CO)O2)cc1. The average Bonchev–Trinajstić information content (AvgIpc) is 3.65. The molecule has 1 saturated heterocycles. The molecule has 1 aromatic carbocycles. The Morgan fingerprint density at radius 2 is 1.75 bits per heavy atom. The van der Waals surface area contributed by atoms with Crippen LogP contribution in [0, 0.1) is 40.4 Å². The van der Waals surface area contributed by atoms with Gasteiger partial charge in [0.1, 0.15) is 36.3 Å². The lowest BCUT2D eigenvalue weighted by atomic mass is 9.47. The van der Waals surface area contributed by atoms with Crippen LogP contribution in [0.2, 0.25) is 0 Å². The fourth-order valence-corrected chi connectivity index (χ4v) is 11.2. The van der Waals surface area contributed by atoms with E-state index in [1.165, 1.54) is 29.7 Å². The van der Waals surface area contributed by atoms with Crippen LogP contribution in [-0.4, -0.2) is 84.0 Å². The van der Waals surface area contributed by atoms with Crippen molar-refractivity contribution in [2.75, 3.05) is 26.9 Å². The third kappa shape index (κ3) is 7.25. The smallest absolute Gasteiger partial charge is 0.184 e. The molecule has 0 amide bonds. The Kier molecular flexibility index (Phi) is 12.5. The van der Waals surface area contributed by atoms with E-state index in [4.69, 9.17) is 23.7 Å². The molecule has 6 aliphatic rings. The molecule has 12 unspecified atom stereocenters. The number of methoxy groups -OCH3 is 1. The van der Waals surface area contributed by atoms with E-state index < -0.39 is 37.3 Å². The number of aliphatic hydroxyl groups is 4. The molecule has 9 heteroatoms. The molecule has 4 aliphatic carbocycles. The summed E-state index contributed by atoms with van der Waals surface area (Å²) >= 11 is 0. The fourth-order valence-electron chi connectivity index (χ4n) is 11.2. The molecule has 3 saturated carbocycles. The molecule has 4 fully saturated rings. The largest absolute Gasteiger partial charge is 0.497 e. The number of fused-ring (bicyclic) bond motifs is 7. The van der Waals surface area contributed by atoms with Gasteiger partial charge < -0.3 is 44.1 Å². The zero-order chi connectivity index (χ0) is 37.4. The van der Waals surface area contributed by atoms with Crippen molar-refractivity contribution in [3.8, 4) is 5.75 Å². The Hall–Kier alpha value is -1.98. The van der Waals surface area contributed by atoms with Gasteiger partial charge in [-0.15, -0.1) is 0 Å². The van der Waals surface area contributed by atoms with E-state index in [9.17, 15) is 20.4 Å². The highest BCUT2D eigenvalue weighted by Gasteiger charge is 2.63. The Bertz CT molecular complexity index is 1410. The second-order valence-electron chi connectivity index (χ2n) is 16.9. The van der Waals surface area contributed by atoms with Crippen molar-refractivity contribution >= 4 is 0 Å². The molecule has 14 atom stereocenters. The van der Waals surface area contributed by atoms with Gasteiger partial charge >= 0.3 is 0 Å². The van der Waals surface area contributed by atoms with Gasteiger partial charge in [-0.05, 0) is 110 Å². The molecule has 2 aliphatic heterocycles. The minimum Gasteiger partial charge on any atom is -0.497 e. The molecular formula is C43H66O9. The molecule has 0 aromatic heterocycles. The molecule has 52 heavy (non-hydrogen) atoms. The summed E-state index contributed by atoms with van der Waals surface area (Å²) in [6.45, 7) is 13.3. The Balaban J connectivity index is 0.00000228. The second kappa shape index (κ2) is 16.4. The molecule has 4 N–H and O–H groups in total. The maximum absolute atomic E-state index is 11.2. The molecule has 1 aromatic rings. The van der Waals surface area contributed by atoms with Crippen LogP contribution in [0.5, 0.6) is 5.75 Å². The highest BCUT2D eigenvalue weighted by Crippen LogP contribution is 2.69. The van der Waals surface area contributed by atoms with Crippen molar-refractivity contribution in [2.24, 2.45) is 40.4 Å². The lowest BCUT2D eigenvalue weighted by molar-refractivity contribution is -0.267. The summed E-state index contributed by atoms with van der Waals surface area (Å²) in [6.07, 6.45) is 6.83. The standard InChI is InChI=1S/C41H60O9.C2H6/c1-23(20-42)6-13-32-24(2)36-33(49-32)19-31-29-12-9-26-18-28(14-16-40(26,3)30(29)15-17-41(31,36)4)48-35-22-47-39(25-7-10-27(46-5)11-8-25)50-34(21-43)37(44)38(35)45;1-2/h7-11,23,28-31,33-39,42-45H,6,12-22H2,1-5H3;1-2H3/t23-,28?,29?,30+,31?,33?,34?,35?,36?,37?,38?,39?,40?,41?;/m1./s1. The Morgan fingerprint density at radius 3 is 2.44 bits per heavy atom. The molecule has 9 nitrogen and oxygen atoms in total. The lowest BCUT2D eigenvalue weighted by Gasteiger charge is -2.58. The van der Waals surface area contributed by atoms with Gasteiger partial charge in [-0.2, -0.15) is 0 Å². The highest BCUT2D eigenvalue weighted by atomic mass is 16.7. The fraction of sp³-hybridized carbons (Fsp3) is 0.767. The predicted molar refractivity (Wildman–Crippen MR) is 199 cm³/mol. The number of allylic oxidation sites excluding steroid dienone is 2. The van der Waals surface area contributed by atoms with E-state index in [1.54, 1.807) is 7.11 Å². The second-order valence-corrected chi connectivity index (χ2v) is 16.9. The van der Waals surface area contributed by atoms with E-state index in [2.05, 4.69) is 33.8 Å². The van der Waals surface area contributed by atoms with Crippen molar-refractivity contribution in [3.05, 3.63) is 52.8 Å². The predicted octanol–water partition coefficient (Wildman–Crippen LogP) is 6.87. The third-order valence-corrected chi connectivity index (χ3v) is 14.2. The molecule has 7 rings (SSSR count). The van der Waals surface area contributed by atoms with Gasteiger partial charge in [-0.3, -0.25) is 0 Å². The van der Waals surface area contributed by atoms with Gasteiger partial charge in [0.2, 0.25) is 0 Å². The quantitative estimate of drug-likeness (QED) is 0.202. The van der Waals surface area contributed by atoms with Crippen molar-refractivity contribution in [1.82, 2.24) is 0 Å². The first kappa shape index (κ1) is 39.7. The number of hydrogen-bond acceptors (Lipinski definition) is 9. The summed E-state index contributed by atoms with van der Waals surface area (Å²) < 4.78 is 30.7. The van der Waals surface area contributed by atoms with E-state index in [-0.39, 0.29) is 30.1 Å². The topological polar surface area (TPSA) is 127 Å². The monoisotopic (exact) mass is 726 g/mol. The van der Waals surface area contributed by atoms with E-state index in [0.717, 1.165) is 50.5 Å². The van der Waals surface area contributed by atoms with E-state index >= 15 is 0 Å². The van der Waals surface area contributed by atoms with Crippen LogP contribution in [0.4, 0.5) is 0 Å².